The minimum Gasteiger partial charge on any atom is -0.467 e. The third-order valence-corrected chi connectivity index (χ3v) is 3.56. The summed E-state index contributed by atoms with van der Waals surface area (Å²) in [5, 5.41) is 11.9. The molecule has 2 rings (SSSR count). The number of hydrogen-bond donors (Lipinski definition) is 2. The van der Waals surface area contributed by atoms with Crippen LogP contribution in [0.25, 0.3) is 0 Å². The molecule has 2 aliphatic rings. The van der Waals surface area contributed by atoms with Crippen molar-refractivity contribution in [2.24, 2.45) is 17.8 Å². The number of fused-ring (bicyclic) bond motifs is 1. The molecule has 0 aromatic rings. The largest absolute Gasteiger partial charge is 0.467 e. The Bertz CT molecular complexity index is 294. The van der Waals surface area contributed by atoms with Gasteiger partial charge < -0.3 is 15.2 Å². The Labute approximate surface area is 94.2 Å². The van der Waals surface area contributed by atoms with E-state index in [1.165, 1.54) is 13.5 Å². The minimum atomic E-state index is -1.26. The molecule has 2 aliphatic carbocycles. The number of amides is 1. The fraction of sp³-hybridized carbons (Fsp3) is 0.818. The van der Waals surface area contributed by atoms with Crippen molar-refractivity contribution in [3.05, 3.63) is 0 Å². The van der Waals surface area contributed by atoms with E-state index >= 15 is 0 Å². The van der Waals surface area contributed by atoms with Gasteiger partial charge in [-0.05, 0) is 31.1 Å². The van der Waals surface area contributed by atoms with E-state index in [1.54, 1.807) is 0 Å². The molecule has 0 radical (unpaired) electrons. The Balaban J connectivity index is 1.69. The molecule has 0 aromatic heterocycles. The first-order valence-corrected chi connectivity index (χ1v) is 5.65. The zero-order valence-corrected chi connectivity index (χ0v) is 9.31. The number of aliphatic hydroxyl groups excluding tert-OH is 1. The highest BCUT2D eigenvalue weighted by Gasteiger charge is 2.47. The molecule has 90 valence electrons. The first-order chi connectivity index (χ1) is 7.61. The number of carbonyl (C=O) groups excluding carboxylic acids is 2. The standard InChI is InChI=1S/C11H17NO4/c1-16-11(15)9(13)5-12-10(14)8-3-6-2-7(6)4-8/h6-9,13H,2-5H2,1H3,(H,12,14). The Morgan fingerprint density at radius 2 is 2.00 bits per heavy atom. The summed E-state index contributed by atoms with van der Waals surface area (Å²) < 4.78 is 4.35. The van der Waals surface area contributed by atoms with Crippen LogP contribution in [0.2, 0.25) is 0 Å². The number of aliphatic hydroxyl groups is 1. The molecule has 3 unspecified atom stereocenters. The quantitative estimate of drug-likeness (QED) is 0.646. The Kier molecular flexibility index (Phi) is 3.14. The summed E-state index contributed by atoms with van der Waals surface area (Å²) in [6.45, 7) is -0.0582. The second kappa shape index (κ2) is 4.41. The SMILES string of the molecule is COC(=O)C(O)CNC(=O)C1CC2CC2C1. The second-order valence-corrected chi connectivity index (χ2v) is 4.71. The Morgan fingerprint density at radius 3 is 2.56 bits per heavy atom. The molecule has 16 heavy (non-hydrogen) atoms. The maximum absolute atomic E-state index is 11.7. The highest BCUT2D eigenvalue weighted by molar-refractivity contribution is 5.80. The van der Waals surface area contributed by atoms with Gasteiger partial charge in [0.15, 0.2) is 6.10 Å². The minimum absolute atomic E-state index is 0.0462. The van der Waals surface area contributed by atoms with Gasteiger partial charge in [-0.2, -0.15) is 0 Å². The highest BCUT2D eigenvalue weighted by Crippen LogP contribution is 2.54. The van der Waals surface area contributed by atoms with E-state index in [0.717, 1.165) is 24.7 Å². The molecular formula is C11H17NO4. The van der Waals surface area contributed by atoms with Crippen molar-refractivity contribution in [2.75, 3.05) is 13.7 Å². The van der Waals surface area contributed by atoms with Crippen LogP contribution in [0.3, 0.4) is 0 Å². The summed E-state index contributed by atoms with van der Waals surface area (Å²) >= 11 is 0. The summed E-state index contributed by atoms with van der Waals surface area (Å²) in [6.07, 6.45) is 1.94. The predicted molar refractivity (Wildman–Crippen MR) is 55.4 cm³/mol. The van der Waals surface area contributed by atoms with Gasteiger partial charge in [0, 0.05) is 5.92 Å². The lowest BCUT2D eigenvalue weighted by Gasteiger charge is -2.14. The third kappa shape index (κ3) is 2.35. The molecule has 5 heteroatoms. The van der Waals surface area contributed by atoms with Gasteiger partial charge in [0.25, 0.3) is 0 Å². The zero-order chi connectivity index (χ0) is 11.7. The van der Waals surface area contributed by atoms with Crippen LogP contribution < -0.4 is 5.32 Å². The van der Waals surface area contributed by atoms with Crippen LogP contribution in [0.1, 0.15) is 19.3 Å². The smallest absolute Gasteiger partial charge is 0.336 e. The number of methoxy groups -OCH3 is 1. The molecule has 2 saturated carbocycles. The van der Waals surface area contributed by atoms with E-state index in [-0.39, 0.29) is 18.4 Å². The average molecular weight is 227 g/mol. The lowest BCUT2D eigenvalue weighted by Crippen LogP contribution is -2.39. The summed E-state index contributed by atoms with van der Waals surface area (Å²) in [7, 11) is 1.21. The van der Waals surface area contributed by atoms with Gasteiger partial charge >= 0.3 is 5.97 Å². The normalized spacial score (nSPS) is 32.8. The molecule has 0 spiro atoms. The third-order valence-electron chi connectivity index (χ3n) is 3.56. The van der Waals surface area contributed by atoms with Crippen molar-refractivity contribution >= 4 is 11.9 Å². The first-order valence-electron chi connectivity index (χ1n) is 5.65. The van der Waals surface area contributed by atoms with Crippen molar-refractivity contribution in [2.45, 2.75) is 25.4 Å². The molecule has 3 atom stereocenters. The van der Waals surface area contributed by atoms with Crippen LogP contribution in [0.4, 0.5) is 0 Å². The number of ether oxygens (including phenoxy) is 1. The number of hydrogen-bond acceptors (Lipinski definition) is 4. The van der Waals surface area contributed by atoms with E-state index < -0.39 is 12.1 Å². The fourth-order valence-electron chi connectivity index (χ4n) is 2.49. The molecule has 0 bridgehead atoms. The van der Waals surface area contributed by atoms with E-state index in [4.69, 9.17) is 0 Å². The monoisotopic (exact) mass is 227 g/mol. The van der Waals surface area contributed by atoms with Crippen molar-refractivity contribution in [3.63, 3.8) is 0 Å². The summed E-state index contributed by atoms with van der Waals surface area (Å²) in [4.78, 5) is 22.5. The summed E-state index contributed by atoms with van der Waals surface area (Å²) in [5.41, 5.74) is 0. The van der Waals surface area contributed by atoms with Crippen molar-refractivity contribution in [3.8, 4) is 0 Å². The lowest BCUT2D eigenvalue weighted by molar-refractivity contribution is -0.150. The van der Waals surface area contributed by atoms with Gasteiger partial charge in [0.2, 0.25) is 5.91 Å². The molecule has 0 saturated heterocycles. The van der Waals surface area contributed by atoms with Gasteiger partial charge in [-0.15, -0.1) is 0 Å². The molecular weight excluding hydrogens is 210 g/mol. The van der Waals surface area contributed by atoms with Crippen LogP contribution in [-0.4, -0.2) is 36.7 Å². The van der Waals surface area contributed by atoms with Gasteiger partial charge in [-0.25, -0.2) is 4.79 Å². The van der Waals surface area contributed by atoms with Gasteiger partial charge in [0.1, 0.15) is 0 Å². The van der Waals surface area contributed by atoms with Crippen molar-refractivity contribution < 1.29 is 19.4 Å². The molecule has 2 fully saturated rings. The van der Waals surface area contributed by atoms with Crippen molar-refractivity contribution in [1.29, 1.82) is 0 Å². The van der Waals surface area contributed by atoms with Gasteiger partial charge in [-0.1, -0.05) is 0 Å². The maximum Gasteiger partial charge on any atom is 0.336 e. The highest BCUT2D eigenvalue weighted by atomic mass is 16.5. The number of carbonyl (C=O) groups is 2. The van der Waals surface area contributed by atoms with E-state index in [9.17, 15) is 14.7 Å². The lowest BCUT2D eigenvalue weighted by atomic mass is 10.0. The Morgan fingerprint density at radius 1 is 1.38 bits per heavy atom. The fourth-order valence-corrected chi connectivity index (χ4v) is 2.49. The maximum atomic E-state index is 11.7. The van der Waals surface area contributed by atoms with Gasteiger partial charge in [-0.3, -0.25) is 4.79 Å². The number of rotatable bonds is 4. The van der Waals surface area contributed by atoms with E-state index in [0.29, 0.717) is 0 Å². The molecule has 5 nitrogen and oxygen atoms in total. The second-order valence-electron chi connectivity index (χ2n) is 4.71. The van der Waals surface area contributed by atoms with Crippen LogP contribution in [0, 0.1) is 17.8 Å². The number of nitrogens with one attached hydrogen (secondary N) is 1. The topological polar surface area (TPSA) is 75.6 Å². The molecule has 0 heterocycles. The summed E-state index contributed by atoms with van der Waals surface area (Å²) in [5.74, 6) is 0.820. The zero-order valence-electron chi connectivity index (χ0n) is 9.31. The van der Waals surface area contributed by atoms with Crippen LogP contribution in [0.15, 0.2) is 0 Å². The summed E-state index contributed by atoms with van der Waals surface area (Å²) in [6, 6.07) is 0. The van der Waals surface area contributed by atoms with Crippen LogP contribution in [-0.2, 0) is 14.3 Å². The molecule has 1 amide bonds. The first kappa shape index (κ1) is 11.4. The predicted octanol–water partition coefficient (Wildman–Crippen LogP) is -0.317. The van der Waals surface area contributed by atoms with E-state index in [2.05, 4.69) is 10.1 Å². The van der Waals surface area contributed by atoms with Crippen LogP contribution >= 0.6 is 0 Å². The molecule has 2 N–H and O–H groups in total. The Hall–Kier alpha value is -1.10. The number of esters is 1. The van der Waals surface area contributed by atoms with Crippen LogP contribution in [0.5, 0.6) is 0 Å². The molecule has 0 aliphatic heterocycles. The molecule has 0 aromatic carbocycles. The van der Waals surface area contributed by atoms with Crippen molar-refractivity contribution in [1.82, 2.24) is 5.32 Å². The average Bonchev–Trinajstić information content (AvgIpc) is 2.91. The van der Waals surface area contributed by atoms with E-state index in [1.807, 2.05) is 0 Å². The van der Waals surface area contributed by atoms with Gasteiger partial charge in [0.05, 0.1) is 13.7 Å².